The normalized spacial score (nSPS) is 10.4. The van der Waals surface area contributed by atoms with E-state index >= 15 is 0 Å². The summed E-state index contributed by atoms with van der Waals surface area (Å²) in [5.41, 5.74) is 9.86. The Balaban J connectivity index is 1.90. The van der Waals surface area contributed by atoms with Crippen LogP contribution in [0.5, 0.6) is 0 Å². The predicted molar refractivity (Wildman–Crippen MR) is 80.5 cm³/mol. The molecular weight excluding hydrogens is 248 g/mol. The summed E-state index contributed by atoms with van der Waals surface area (Å²) in [5.74, 6) is -0.00544. The van der Waals surface area contributed by atoms with Crippen LogP contribution in [-0.2, 0) is 0 Å². The highest BCUT2D eigenvalue weighted by Gasteiger charge is 2.09. The monoisotopic (exact) mass is 262 g/mol. The van der Waals surface area contributed by atoms with Gasteiger partial charge >= 0.3 is 0 Å². The summed E-state index contributed by atoms with van der Waals surface area (Å²) >= 11 is 0. The van der Waals surface area contributed by atoms with E-state index in [0.717, 1.165) is 16.8 Å². The van der Waals surface area contributed by atoms with Gasteiger partial charge in [0, 0.05) is 17.4 Å². The summed E-state index contributed by atoms with van der Waals surface area (Å²) in [6.45, 7) is 0. The summed E-state index contributed by atoms with van der Waals surface area (Å²) in [5, 5.41) is 0. The first kappa shape index (κ1) is 12.2. The Bertz CT molecular complexity index is 728. The number of nitrogens with one attached hydrogen (secondary N) is 1. The summed E-state index contributed by atoms with van der Waals surface area (Å²) in [6, 6.07) is 18.8. The number of aromatic nitrogens is 1. The van der Waals surface area contributed by atoms with Gasteiger partial charge in [-0.05, 0) is 35.4 Å². The number of anilines is 1. The van der Waals surface area contributed by atoms with Crippen molar-refractivity contribution in [3.8, 4) is 11.1 Å². The molecule has 0 unspecified atom stereocenters. The average Bonchev–Trinajstić information content (AvgIpc) is 3.01. The smallest absolute Gasteiger partial charge is 0.209 e. The average molecular weight is 262 g/mol. The highest BCUT2D eigenvalue weighted by molar-refractivity contribution is 6.07. The van der Waals surface area contributed by atoms with E-state index in [4.69, 9.17) is 5.73 Å². The Labute approximate surface area is 117 Å². The van der Waals surface area contributed by atoms with E-state index in [0.29, 0.717) is 11.3 Å². The van der Waals surface area contributed by atoms with Crippen molar-refractivity contribution in [2.75, 3.05) is 5.73 Å². The number of aromatic amines is 1. The number of nitrogen functional groups attached to an aromatic ring is 1. The van der Waals surface area contributed by atoms with Crippen LogP contribution in [0.2, 0.25) is 0 Å². The molecule has 3 rings (SSSR count). The molecule has 0 atom stereocenters. The zero-order valence-electron chi connectivity index (χ0n) is 10.8. The van der Waals surface area contributed by atoms with Gasteiger partial charge < -0.3 is 10.7 Å². The van der Waals surface area contributed by atoms with Crippen LogP contribution in [0.25, 0.3) is 11.1 Å². The minimum Gasteiger partial charge on any atom is -0.399 e. The molecule has 98 valence electrons. The number of hydrogen-bond donors (Lipinski definition) is 2. The Kier molecular flexibility index (Phi) is 3.09. The molecule has 1 heterocycles. The van der Waals surface area contributed by atoms with Gasteiger partial charge in [0.1, 0.15) is 0 Å². The van der Waals surface area contributed by atoms with Crippen molar-refractivity contribution in [3.05, 3.63) is 78.1 Å². The van der Waals surface area contributed by atoms with E-state index in [9.17, 15) is 4.79 Å². The van der Waals surface area contributed by atoms with Gasteiger partial charge in [0.05, 0.1) is 5.69 Å². The van der Waals surface area contributed by atoms with Crippen LogP contribution in [0, 0.1) is 0 Å². The fourth-order valence-corrected chi connectivity index (χ4v) is 2.16. The zero-order valence-corrected chi connectivity index (χ0v) is 10.8. The molecule has 0 spiro atoms. The minimum atomic E-state index is -0.00544. The Morgan fingerprint density at radius 3 is 2.35 bits per heavy atom. The van der Waals surface area contributed by atoms with Crippen LogP contribution in [0.15, 0.2) is 66.9 Å². The molecular formula is C17H14N2O. The highest BCUT2D eigenvalue weighted by atomic mass is 16.1. The highest BCUT2D eigenvalue weighted by Crippen LogP contribution is 2.22. The molecule has 0 fully saturated rings. The van der Waals surface area contributed by atoms with Gasteiger partial charge in [0.2, 0.25) is 5.78 Å². The number of carbonyl (C=O) groups excluding carboxylic acids is 1. The number of carbonyl (C=O) groups is 1. The van der Waals surface area contributed by atoms with Crippen LogP contribution in [0.1, 0.15) is 16.1 Å². The molecule has 0 radical (unpaired) electrons. The molecule has 20 heavy (non-hydrogen) atoms. The quantitative estimate of drug-likeness (QED) is 0.560. The third-order valence-corrected chi connectivity index (χ3v) is 3.21. The maximum atomic E-state index is 12.2. The van der Waals surface area contributed by atoms with E-state index in [1.165, 1.54) is 0 Å². The molecule has 0 aliphatic carbocycles. The lowest BCUT2D eigenvalue weighted by molar-refractivity contribution is 0.103. The lowest BCUT2D eigenvalue weighted by Crippen LogP contribution is -2.01. The molecule has 0 saturated heterocycles. The van der Waals surface area contributed by atoms with E-state index in [-0.39, 0.29) is 5.78 Å². The summed E-state index contributed by atoms with van der Waals surface area (Å²) in [6.07, 6.45) is 1.74. The van der Waals surface area contributed by atoms with Crippen LogP contribution < -0.4 is 5.73 Å². The van der Waals surface area contributed by atoms with Crippen molar-refractivity contribution in [1.82, 2.24) is 4.98 Å². The Morgan fingerprint density at radius 1 is 0.900 bits per heavy atom. The molecule has 3 heteroatoms. The first-order valence-corrected chi connectivity index (χ1v) is 6.38. The number of hydrogen-bond acceptors (Lipinski definition) is 2. The Morgan fingerprint density at radius 2 is 1.70 bits per heavy atom. The van der Waals surface area contributed by atoms with Gasteiger partial charge in [-0.25, -0.2) is 0 Å². The SMILES string of the molecule is Nc1cccc(-c2ccc(C(=O)c3ccc[nH]3)cc2)c1. The van der Waals surface area contributed by atoms with Crippen molar-refractivity contribution < 1.29 is 4.79 Å². The van der Waals surface area contributed by atoms with Gasteiger partial charge in [-0.15, -0.1) is 0 Å². The van der Waals surface area contributed by atoms with Crippen molar-refractivity contribution in [1.29, 1.82) is 0 Å². The fourth-order valence-electron chi connectivity index (χ4n) is 2.16. The van der Waals surface area contributed by atoms with Gasteiger partial charge in [-0.3, -0.25) is 4.79 Å². The van der Waals surface area contributed by atoms with Gasteiger partial charge in [0.15, 0.2) is 0 Å². The van der Waals surface area contributed by atoms with Crippen LogP contribution in [0.3, 0.4) is 0 Å². The van der Waals surface area contributed by atoms with Crippen molar-refractivity contribution >= 4 is 11.5 Å². The number of nitrogens with two attached hydrogens (primary N) is 1. The summed E-state index contributed by atoms with van der Waals surface area (Å²) < 4.78 is 0. The first-order chi connectivity index (χ1) is 9.74. The third-order valence-electron chi connectivity index (χ3n) is 3.21. The minimum absolute atomic E-state index is 0.00544. The van der Waals surface area contributed by atoms with Crippen molar-refractivity contribution in [3.63, 3.8) is 0 Å². The summed E-state index contributed by atoms with van der Waals surface area (Å²) in [7, 11) is 0. The fraction of sp³-hybridized carbons (Fsp3) is 0. The predicted octanol–water partition coefficient (Wildman–Crippen LogP) is 3.49. The van der Waals surface area contributed by atoms with Crippen molar-refractivity contribution in [2.45, 2.75) is 0 Å². The molecule has 3 aromatic rings. The second kappa shape index (κ2) is 5.05. The van der Waals surface area contributed by atoms with E-state index < -0.39 is 0 Å². The molecule has 1 aromatic heterocycles. The maximum absolute atomic E-state index is 12.2. The maximum Gasteiger partial charge on any atom is 0.209 e. The Hall–Kier alpha value is -2.81. The van der Waals surface area contributed by atoms with Gasteiger partial charge in [-0.1, -0.05) is 36.4 Å². The number of ketones is 1. The molecule has 2 aromatic carbocycles. The lowest BCUT2D eigenvalue weighted by Gasteiger charge is -2.04. The number of rotatable bonds is 3. The molecule has 0 aliphatic heterocycles. The molecule has 0 bridgehead atoms. The van der Waals surface area contributed by atoms with E-state index in [1.807, 2.05) is 54.6 Å². The van der Waals surface area contributed by atoms with E-state index in [2.05, 4.69) is 4.98 Å². The molecule has 0 aliphatic rings. The first-order valence-electron chi connectivity index (χ1n) is 6.38. The molecule has 0 saturated carbocycles. The summed E-state index contributed by atoms with van der Waals surface area (Å²) in [4.78, 5) is 15.1. The van der Waals surface area contributed by atoms with Crippen LogP contribution in [-0.4, -0.2) is 10.8 Å². The van der Waals surface area contributed by atoms with Crippen LogP contribution in [0.4, 0.5) is 5.69 Å². The number of H-pyrrole nitrogens is 1. The molecule has 3 nitrogen and oxygen atoms in total. The topological polar surface area (TPSA) is 58.9 Å². The third kappa shape index (κ3) is 2.34. The van der Waals surface area contributed by atoms with Crippen molar-refractivity contribution in [2.24, 2.45) is 0 Å². The molecule has 0 amide bonds. The standard InChI is InChI=1S/C17H14N2O/c18-15-4-1-3-14(11-15)12-6-8-13(9-7-12)17(20)16-5-2-10-19-16/h1-11,19H,18H2. The van der Waals surface area contributed by atoms with Gasteiger partial charge in [0.25, 0.3) is 0 Å². The van der Waals surface area contributed by atoms with Gasteiger partial charge in [-0.2, -0.15) is 0 Å². The largest absolute Gasteiger partial charge is 0.399 e. The number of benzene rings is 2. The van der Waals surface area contributed by atoms with E-state index in [1.54, 1.807) is 12.3 Å². The molecule has 3 N–H and O–H groups in total. The second-order valence-electron chi connectivity index (χ2n) is 4.62. The second-order valence-corrected chi connectivity index (χ2v) is 4.62. The lowest BCUT2D eigenvalue weighted by atomic mass is 10.0. The zero-order chi connectivity index (χ0) is 13.9. The van der Waals surface area contributed by atoms with Crippen LogP contribution >= 0.6 is 0 Å².